The lowest BCUT2D eigenvalue weighted by atomic mass is 9.87. The van der Waals surface area contributed by atoms with Crippen LogP contribution in [0.5, 0.6) is 0 Å². The molecule has 0 aliphatic carbocycles. The molecule has 8 nitrogen and oxygen atoms in total. The van der Waals surface area contributed by atoms with Gasteiger partial charge in [-0.25, -0.2) is 4.79 Å². The van der Waals surface area contributed by atoms with Gasteiger partial charge in [-0.3, -0.25) is 23.9 Å². The number of aromatic amines is 1. The Kier molecular flexibility index (Phi) is 6.20. The van der Waals surface area contributed by atoms with Crippen molar-refractivity contribution in [3.05, 3.63) is 92.8 Å². The van der Waals surface area contributed by atoms with Gasteiger partial charge in [-0.2, -0.15) is 0 Å². The van der Waals surface area contributed by atoms with E-state index in [-0.39, 0.29) is 17.9 Å². The Labute approximate surface area is 178 Å². The molecule has 3 aromatic rings. The summed E-state index contributed by atoms with van der Waals surface area (Å²) < 4.78 is 1.08. The quantitative estimate of drug-likeness (QED) is 0.589. The standard InChI is InChI=1S/C23H24N4O4/c1-23(2,3)16-10-8-15(9-11-16)21(30)25-18-7-5-4-6-17(18)24-20(29)14-27-13-12-19(28)26-22(27)31/h4-13H,14H2,1-3H3,(H,24,29)(H,25,30)(H,26,28,31). The van der Waals surface area contributed by atoms with Crippen molar-refractivity contribution < 1.29 is 9.59 Å². The van der Waals surface area contributed by atoms with E-state index in [1.165, 1.54) is 6.20 Å². The van der Waals surface area contributed by atoms with Crippen molar-refractivity contribution in [2.45, 2.75) is 32.7 Å². The molecule has 0 aliphatic rings. The summed E-state index contributed by atoms with van der Waals surface area (Å²) in [6.07, 6.45) is 1.25. The second kappa shape index (κ2) is 8.83. The van der Waals surface area contributed by atoms with Crippen LogP contribution in [0.1, 0.15) is 36.7 Å². The molecule has 3 N–H and O–H groups in total. The average molecular weight is 420 g/mol. The van der Waals surface area contributed by atoms with Gasteiger partial charge in [-0.1, -0.05) is 45.0 Å². The summed E-state index contributed by atoms with van der Waals surface area (Å²) in [5.74, 6) is -0.788. The predicted octanol–water partition coefficient (Wildman–Crippen LogP) is 2.73. The number of nitrogens with one attached hydrogen (secondary N) is 3. The number of aromatic nitrogens is 2. The summed E-state index contributed by atoms with van der Waals surface area (Å²) in [6, 6.07) is 15.3. The molecule has 0 unspecified atom stereocenters. The third kappa shape index (κ3) is 5.57. The second-order valence-corrected chi connectivity index (χ2v) is 8.11. The molecule has 2 amide bonds. The third-order valence-corrected chi connectivity index (χ3v) is 4.67. The highest BCUT2D eigenvalue weighted by molar-refractivity contribution is 6.07. The van der Waals surface area contributed by atoms with Gasteiger partial charge in [0.2, 0.25) is 5.91 Å². The number of anilines is 2. The number of benzene rings is 2. The van der Waals surface area contributed by atoms with E-state index in [1.807, 2.05) is 12.1 Å². The fraction of sp³-hybridized carbons (Fsp3) is 0.217. The van der Waals surface area contributed by atoms with Crippen LogP contribution in [0, 0.1) is 0 Å². The molecule has 0 saturated heterocycles. The molecule has 1 heterocycles. The Morgan fingerprint density at radius 2 is 1.52 bits per heavy atom. The zero-order valence-electron chi connectivity index (χ0n) is 17.6. The molecule has 2 aromatic carbocycles. The average Bonchev–Trinajstić information content (AvgIpc) is 2.71. The largest absolute Gasteiger partial charge is 0.328 e. The van der Waals surface area contributed by atoms with Crippen molar-refractivity contribution in [1.29, 1.82) is 0 Å². The number of hydrogen-bond donors (Lipinski definition) is 3. The van der Waals surface area contributed by atoms with Crippen LogP contribution in [0.2, 0.25) is 0 Å². The van der Waals surface area contributed by atoms with Gasteiger partial charge in [0.1, 0.15) is 6.54 Å². The van der Waals surface area contributed by atoms with Gasteiger partial charge in [0.25, 0.3) is 11.5 Å². The molecule has 3 rings (SSSR count). The van der Waals surface area contributed by atoms with Gasteiger partial charge in [-0.05, 0) is 35.2 Å². The molecule has 0 atom stereocenters. The van der Waals surface area contributed by atoms with Gasteiger partial charge >= 0.3 is 5.69 Å². The molecule has 0 spiro atoms. The predicted molar refractivity (Wildman–Crippen MR) is 119 cm³/mol. The lowest BCUT2D eigenvalue weighted by Gasteiger charge is -2.19. The molecular formula is C23H24N4O4. The van der Waals surface area contributed by atoms with Crippen LogP contribution in [-0.2, 0) is 16.8 Å². The summed E-state index contributed by atoms with van der Waals surface area (Å²) in [4.78, 5) is 50.0. The van der Waals surface area contributed by atoms with E-state index in [0.29, 0.717) is 16.9 Å². The maximum Gasteiger partial charge on any atom is 0.328 e. The van der Waals surface area contributed by atoms with Crippen LogP contribution in [0.25, 0.3) is 0 Å². The second-order valence-electron chi connectivity index (χ2n) is 8.11. The van der Waals surface area contributed by atoms with Crippen molar-refractivity contribution in [2.75, 3.05) is 10.6 Å². The maximum atomic E-state index is 12.7. The van der Waals surface area contributed by atoms with Crippen molar-refractivity contribution >= 4 is 23.2 Å². The van der Waals surface area contributed by atoms with E-state index < -0.39 is 17.2 Å². The monoisotopic (exact) mass is 420 g/mol. The molecule has 0 saturated carbocycles. The number of nitrogens with zero attached hydrogens (tertiary/aromatic N) is 1. The maximum absolute atomic E-state index is 12.7. The smallest absolute Gasteiger partial charge is 0.323 e. The summed E-state index contributed by atoms with van der Waals surface area (Å²) in [5, 5.41) is 5.48. The normalized spacial score (nSPS) is 11.1. The minimum absolute atomic E-state index is 0.0143. The Hall–Kier alpha value is -3.94. The van der Waals surface area contributed by atoms with Crippen molar-refractivity contribution in [1.82, 2.24) is 9.55 Å². The summed E-state index contributed by atoms with van der Waals surface area (Å²) in [5.41, 5.74) is 1.20. The highest BCUT2D eigenvalue weighted by Crippen LogP contribution is 2.24. The summed E-state index contributed by atoms with van der Waals surface area (Å²) >= 11 is 0. The van der Waals surface area contributed by atoms with E-state index in [0.717, 1.165) is 16.2 Å². The lowest BCUT2D eigenvalue weighted by Crippen LogP contribution is -2.32. The van der Waals surface area contributed by atoms with Gasteiger partial charge in [0, 0.05) is 17.8 Å². The van der Waals surface area contributed by atoms with E-state index in [4.69, 9.17) is 0 Å². The number of hydrogen-bond acceptors (Lipinski definition) is 4. The third-order valence-electron chi connectivity index (χ3n) is 4.67. The number of para-hydroxylation sites is 2. The van der Waals surface area contributed by atoms with E-state index in [9.17, 15) is 19.2 Å². The Morgan fingerprint density at radius 3 is 2.10 bits per heavy atom. The highest BCUT2D eigenvalue weighted by atomic mass is 16.2. The van der Waals surface area contributed by atoms with Gasteiger partial charge in [0.05, 0.1) is 11.4 Å². The Bertz CT molecular complexity index is 1220. The van der Waals surface area contributed by atoms with Crippen molar-refractivity contribution in [3.63, 3.8) is 0 Å². The molecule has 0 fully saturated rings. The van der Waals surface area contributed by atoms with Crippen LogP contribution < -0.4 is 21.9 Å². The van der Waals surface area contributed by atoms with Crippen molar-refractivity contribution in [3.8, 4) is 0 Å². The fourth-order valence-electron chi connectivity index (χ4n) is 2.93. The van der Waals surface area contributed by atoms with E-state index >= 15 is 0 Å². The van der Waals surface area contributed by atoms with Crippen LogP contribution in [-0.4, -0.2) is 21.4 Å². The topological polar surface area (TPSA) is 113 Å². The molecule has 0 radical (unpaired) electrons. The molecule has 0 aliphatic heterocycles. The van der Waals surface area contributed by atoms with Gasteiger partial charge < -0.3 is 10.6 Å². The number of rotatable bonds is 5. The molecular weight excluding hydrogens is 396 g/mol. The summed E-state index contributed by atoms with van der Waals surface area (Å²) in [6.45, 7) is 6.01. The molecule has 0 bridgehead atoms. The van der Waals surface area contributed by atoms with Crippen molar-refractivity contribution in [2.24, 2.45) is 0 Å². The van der Waals surface area contributed by atoms with Crippen LogP contribution in [0.3, 0.4) is 0 Å². The molecule has 31 heavy (non-hydrogen) atoms. The molecule has 160 valence electrons. The Balaban J connectivity index is 1.72. The van der Waals surface area contributed by atoms with Crippen LogP contribution in [0.15, 0.2) is 70.4 Å². The minimum atomic E-state index is -0.678. The van der Waals surface area contributed by atoms with E-state index in [1.54, 1.807) is 36.4 Å². The number of amides is 2. The number of carbonyl (C=O) groups excluding carboxylic acids is 2. The highest BCUT2D eigenvalue weighted by Gasteiger charge is 2.15. The molecule has 1 aromatic heterocycles. The Morgan fingerprint density at radius 1 is 0.903 bits per heavy atom. The number of H-pyrrole nitrogens is 1. The van der Waals surface area contributed by atoms with Gasteiger partial charge in [0.15, 0.2) is 0 Å². The zero-order chi connectivity index (χ0) is 22.6. The lowest BCUT2D eigenvalue weighted by molar-refractivity contribution is -0.116. The minimum Gasteiger partial charge on any atom is -0.323 e. The first-order valence-electron chi connectivity index (χ1n) is 9.74. The first kappa shape index (κ1) is 21.8. The zero-order valence-corrected chi connectivity index (χ0v) is 17.6. The van der Waals surface area contributed by atoms with Crippen LogP contribution in [0.4, 0.5) is 11.4 Å². The molecule has 8 heteroatoms. The van der Waals surface area contributed by atoms with E-state index in [2.05, 4.69) is 36.4 Å². The SMILES string of the molecule is CC(C)(C)c1ccc(C(=O)Nc2ccccc2NC(=O)Cn2ccc(=O)[nH]c2=O)cc1. The van der Waals surface area contributed by atoms with Gasteiger partial charge in [-0.15, -0.1) is 0 Å². The first-order valence-corrected chi connectivity index (χ1v) is 9.74. The van der Waals surface area contributed by atoms with Crippen LogP contribution >= 0.6 is 0 Å². The fourth-order valence-corrected chi connectivity index (χ4v) is 2.93. The number of carbonyl (C=O) groups is 2. The summed E-state index contributed by atoms with van der Waals surface area (Å²) in [7, 11) is 0. The first-order chi connectivity index (χ1) is 14.6.